The van der Waals surface area contributed by atoms with Gasteiger partial charge in [-0.25, -0.2) is 8.78 Å². The Morgan fingerprint density at radius 1 is 1.12 bits per heavy atom. The summed E-state index contributed by atoms with van der Waals surface area (Å²) in [5.74, 6) is 1.44. The van der Waals surface area contributed by atoms with Crippen LogP contribution in [0.3, 0.4) is 0 Å². The number of rotatable bonds is 11. The van der Waals surface area contributed by atoms with Crippen molar-refractivity contribution in [2.75, 3.05) is 13.2 Å². The highest BCUT2D eigenvalue weighted by atomic mass is 32.2. The number of unbranched alkanes of at least 4 members (excludes halogenated alkanes) is 1. The van der Waals surface area contributed by atoms with Gasteiger partial charge in [0.25, 0.3) is 6.43 Å². The van der Waals surface area contributed by atoms with Crippen LogP contribution in [-0.4, -0.2) is 36.1 Å². The van der Waals surface area contributed by atoms with Gasteiger partial charge in [-0.1, -0.05) is 19.8 Å². The van der Waals surface area contributed by atoms with Gasteiger partial charge in [0.2, 0.25) is 0 Å². The highest BCUT2D eigenvalue weighted by molar-refractivity contribution is 7.75. The Morgan fingerprint density at radius 3 is 2.42 bits per heavy atom. The van der Waals surface area contributed by atoms with Crippen molar-refractivity contribution in [2.45, 2.75) is 64.1 Å². The predicted octanol–water partition coefficient (Wildman–Crippen LogP) is 4.43. The van der Waals surface area contributed by atoms with Gasteiger partial charge >= 0.3 is 11.4 Å². The van der Waals surface area contributed by atoms with E-state index in [1.165, 1.54) is 0 Å². The number of alkyl halides is 2. The number of hydrogen-bond acceptors (Lipinski definition) is 5. The van der Waals surface area contributed by atoms with E-state index in [0.29, 0.717) is 18.8 Å². The summed E-state index contributed by atoms with van der Waals surface area (Å²) in [7, 11) is 0. The molecule has 0 aromatic heterocycles. The molecule has 148 valence electrons. The largest absolute Gasteiger partial charge is 0.494 e. The molecule has 0 radical (unpaired) electrons. The summed E-state index contributed by atoms with van der Waals surface area (Å²) >= 11 is -2.21. The van der Waals surface area contributed by atoms with E-state index in [2.05, 4.69) is 11.1 Å². The van der Waals surface area contributed by atoms with Crippen LogP contribution >= 0.6 is 0 Å². The number of ether oxygens (including phenoxy) is 2. The van der Waals surface area contributed by atoms with E-state index in [9.17, 15) is 13.0 Å². The van der Waals surface area contributed by atoms with Crippen molar-refractivity contribution in [3.63, 3.8) is 0 Å². The lowest BCUT2D eigenvalue weighted by Crippen LogP contribution is -2.37. The second-order valence-electron chi connectivity index (χ2n) is 6.13. The second-order valence-corrected chi connectivity index (χ2v) is 6.96. The van der Waals surface area contributed by atoms with Crippen molar-refractivity contribution in [1.29, 1.82) is 0 Å². The van der Waals surface area contributed by atoms with Crippen molar-refractivity contribution in [1.82, 2.24) is 0 Å². The van der Waals surface area contributed by atoms with Gasteiger partial charge in [0, 0.05) is 0 Å². The minimum Gasteiger partial charge on any atom is -0.494 e. The topological polar surface area (TPSA) is 54.0 Å². The molecule has 8 heteroatoms. The molecule has 0 saturated heterocycles. The first-order valence-corrected chi connectivity index (χ1v) is 9.98. The molecule has 1 fully saturated rings. The highest BCUT2D eigenvalue weighted by Crippen LogP contribution is 2.28. The molecule has 1 saturated carbocycles. The van der Waals surface area contributed by atoms with Crippen LogP contribution in [0.2, 0.25) is 0 Å². The molecule has 3 atom stereocenters. The molecular weight excluding hydrogens is 366 g/mol. The van der Waals surface area contributed by atoms with Crippen molar-refractivity contribution >= 4 is 11.4 Å². The van der Waals surface area contributed by atoms with Crippen LogP contribution in [0.5, 0.6) is 11.5 Å². The van der Waals surface area contributed by atoms with Gasteiger partial charge in [-0.05, 0) is 49.9 Å². The smallest absolute Gasteiger partial charge is 0.305 e. The third kappa shape index (κ3) is 7.55. The zero-order valence-electron chi connectivity index (χ0n) is 14.9. The second kappa shape index (κ2) is 11.5. The Kier molecular flexibility index (Phi) is 9.28. The number of hydrogen-bond donors (Lipinski definition) is 0. The molecule has 1 aliphatic rings. The molecule has 1 aliphatic carbocycles. The molecule has 0 spiro atoms. The van der Waals surface area contributed by atoms with E-state index in [0.717, 1.165) is 37.9 Å². The minimum absolute atomic E-state index is 0.297. The molecule has 0 aliphatic heterocycles. The molecule has 1 aromatic carbocycles. The third-order valence-corrected chi connectivity index (χ3v) is 4.75. The van der Waals surface area contributed by atoms with Gasteiger partial charge in [-0.15, -0.1) is 0 Å². The molecule has 26 heavy (non-hydrogen) atoms. The Labute approximate surface area is 155 Å². The van der Waals surface area contributed by atoms with Crippen LogP contribution in [-0.2, 0) is 19.7 Å². The van der Waals surface area contributed by atoms with Gasteiger partial charge in [-0.3, -0.25) is 8.37 Å². The molecular formula is C18H26F2O5S. The van der Waals surface area contributed by atoms with Crippen molar-refractivity contribution < 1.29 is 30.8 Å². The van der Waals surface area contributed by atoms with Crippen LogP contribution in [0.4, 0.5) is 8.78 Å². The van der Waals surface area contributed by atoms with Crippen LogP contribution in [0, 0.1) is 0 Å². The fourth-order valence-electron chi connectivity index (χ4n) is 2.67. The fraction of sp³-hybridized carbons (Fsp3) is 0.667. The minimum atomic E-state index is -2.68. The van der Waals surface area contributed by atoms with Crippen LogP contribution < -0.4 is 9.47 Å². The maximum Gasteiger partial charge on any atom is 0.305 e. The highest BCUT2D eigenvalue weighted by Gasteiger charge is 2.30. The van der Waals surface area contributed by atoms with E-state index in [1.54, 1.807) is 0 Å². The standard InChI is InChI=1S/C18H26F2O5S/c1-2-3-12-22-14-8-10-15(11-9-14)24-16-6-4-5-7-17(16)25-26(21)23-13-18(19)20/h8-11,16-18H,2-7,12-13H2,1H3. The quantitative estimate of drug-likeness (QED) is 0.522. The SMILES string of the molecule is CCCCOc1ccc(OC2CCCCC2OS(=O)OCC(F)F)cc1. The van der Waals surface area contributed by atoms with Gasteiger partial charge in [-0.2, -0.15) is 4.21 Å². The molecule has 3 unspecified atom stereocenters. The van der Waals surface area contributed by atoms with Crippen LogP contribution in [0.25, 0.3) is 0 Å². The van der Waals surface area contributed by atoms with Crippen LogP contribution in [0.15, 0.2) is 24.3 Å². The molecule has 2 rings (SSSR count). The zero-order chi connectivity index (χ0) is 18.8. The van der Waals surface area contributed by atoms with Gasteiger partial charge < -0.3 is 9.47 Å². The molecule has 0 N–H and O–H groups in total. The fourth-order valence-corrected chi connectivity index (χ4v) is 3.36. The summed E-state index contributed by atoms with van der Waals surface area (Å²) in [6, 6.07) is 7.32. The Morgan fingerprint density at radius 2 is 1.77 bits per heavy atom. The normalized spacial score (nSPS) is 21.5. The van der Waals surface area contributed by atoms with Crippen molar-refractivity contribution in [3.05, 3.63) is 24.3 Å². The first kappa shape index (κ1) is 21.1. The lowest BCUT2D eigenvalue weighted by molar-refractivity contribution is 0.0165. The summed E-state index contributed by atoms with van der Waals surface area (Å²) < 4.78 is 57.2. The maximum atomic E-state index is 12.1. The Hall–Kier alpha value is -1.25. The monoisotopic (exact) mass is 392 g/mol. The summed E-state index contributed by atoms with van der Waals surface area (Å²) in [5.41, 5.74) is 0. The van der Waals surface area contributed by atoms with Gasteiger partial charge in [0.1, 0.15) is 30.3 Å². The molecule has 0 amide bonds. The molecule has 0 bridgehead atoms. The third-order valence-electron chi connectivity index (χ3n) is 4.01. The predicted molar refractivity (Wildman–Crippen MR) is 94.7 cm³/mol. The number of halogens is 2. The average Bonchev–Trinajstić information content (AvgIpc) is 2.63. The van der Waals surface area contributed by atoms with E-state index >= 15 is 0 Å². The van der Waals surface area contributed by atoms with Crippen LogP contribution in [0.1, 0.15) is 45.4 Å². The van der Waals surface area contributed by atoms with Crippen molar-refractivity contribution in [3.8, 4) is 11.5 Å². The molecule has 5 nitrogen and oxygen atoms in total. The van der Waals surface area contributed by atoms with E-state index in [4.69, 9.17) is 13.7 Å². The van der Waals surface area contributed by atoms with E-state index in [1.807, 2.05) is 24.3 Å². The maximum absolute atomic E-state index is 12.1. The summed E-state index contributed by atoms with van der Waals surface area (Å²) in [4.78, 5) is 0. The summed E-state index contributed by atoms with van der Waals surface area (Å²) in [5, 5.41) is 0. The molecule has 0 heterocycles. The van der Waals surface area contributed by atoms with E-state index in [-0.39, 0.29) is 6.10 Å². The lowest BCUT2D eigenvalue weighted by atomic mass is 9.95. The summed E-state index contributed by atoms with van der Waals surface area (Å²) in [6.07, 6.45) is 1.90. The van der Waals surface area contributed by atoms with Gasteiger partial charge in [0.05, 0.1) is 6.61 Å². The first-order valence-electron chi connectivity index (χ1n) is 8.98. The van der Waals surface area contributed by atoms with E-state index < -0.39 is 30.5 Å². The first-order chi connectivity index (χ1) is 12.6. The lowest BCUT2D eigenvalue weighted by Gasteiger charge is -2.30. The Bertz CT molecular complexity index is 541. The Balaban J connectivity index is 1.85. The zero-order valence-corrected chi connectivity index (χ0v) is 15.7. The number of benzene rings is 1. The summed E-state index contributed by atoms with van der Waals surface area (Å²) in [6.45, 7) is 1.87. The van der Waals surface area contributed by atoms with Gasteiger partial charge in [0.15, 0.2) is 0 Å². The van der Waals surface area contributed by atoms with Crippen molar-refractivity contribution in [2.24, 2.45) is 0 Å². The molecule has 1 aromatic rings. The average molecular weight is 392 g/mol.